The Morgan fingerprint density at radius 3 is 2.12 bits per heavy atom. The molecule has 3 N–H and O–H groups in total. The maximum Gasteiger partial charge on any atom is 0.321 e. The lowest BCUT2D eigenvalue weighted by atomic mass is 10.2. The molecule has 7 nitrogen and oxygen atoms in total. The Balaban J connectivity index is 4.18. The molecule has 0 fully saturated rings. The molecule has 17 heavy (non-hydrogen) atoms. The molecule has 0 rings (SSSR count). The second-order valence-corrected chi connectivity index (χ2v) is 4.46. The lowest BCUT2D eigenvalue weighted by Crippen LogP contribution is -2.42. The van der Waals surface area contributed by atoms with Gasteiger partial charge in [-0.15, -0.1) is 0 Å². The van der Waals surface area contributed by atoms with Crippen LogP contribution in [0.5, 0.6) is 0 Å². The SMILES string of the molecule is CC(C)(C)OC(=O)CNC(CC(=O)O)C(=O)O. The zero-order valence-electron chi connectivity index (χ0n) is 10.0. The summed E-state index contributed by atoms with van der Waals surface area (Å²) in [5, 5.41) is 19.5. The first-order chi connectivity index (χ1) is 7.61. The van der Waals surface area contributed by atoms with Gasteiger partial charge in [-0.25, -0.2) is 0 Å². The fourth-order valence-corrected chi connectivity index (χ4v) is 1.01. The molecule has 0 amide bonds. The Bertz CT molecular complexity index is 306. The van der Waals surface area contributed by atoms with Gasteiger partial charge in [-0.3, -0.25) is 19.7 Å². The quantitative estimate of drug-likeness (QED) is 0.559. The molecule has 0 aromatic heterocycles. The molecule has 0 aliphatic carbocycles. The van der Waals surface area contributed by atoms with Crippen LogP contribution in [-0.4, -0.2) is 46.3 Å². The van der Waals surface area contributed by atoms with Crippen LogP contribution in [0.3, 0.4) is 0 Å². The van der Waals surface area contributed by atoms with E-state index in [2.05, 4.69) is 5.32 Å². The number of rotatable bonds is 6. The summed E-state index contributed by atoms with van der Waals surface area (Å²) in [5.74, 6) is -3.21. The van der Waals surface area contributed by atoms with Crippen LogP contribution in [0.25, 0.3) is 0 Å². The highest BCUT2D eigenvalue weighted by atomic mass is 16.6. The van der Waals surface area contributed by atoms with E-state index < -0.39 is 36.0 Å². The standard InChI is InChI=1S/C10H17NO6/c1-10(2,3)17-8(14)5-11-6(9(15)16)4-7(12)13/h6,11H,4-5H2,1-3H3,(H,12,13)(H,15,16). The molecule has 0 radical (unpaired) electrons. The van der Waals surface area contributed by atoms with Gasteiger partial charge in [0.1, 0.15) is 11.6 Å². The fraction of sp³-hybridized carbons (Fsp3) is 0.700. The summed E-state index contributed by atoms with van der Waals surface area (Å²) < 4.78 is 4.93. The number of nitrogens with one attached hydrogen (secondary N) is 1. The molecule has 1 atom stereocenters. The molecule has 0 aliphatic rings. The lowest BCUT2D eigenvalue weighted by Gasteiger charge is -2.20. The van der Waals surface area contributed by atoms with Crippen molar-refractivity contribution in [1.29, 1.82) is 0 Å². The average molecular weight is 247 g/mol. The predicted octanol–water partition coefficient (Wildman–Crippen LogP) is -0.154. The van der Waals surface area contributed by atoms with Crippen LogP contribution in [0, 0.1) is 0 Å². The molecule has 0 aromatic carbocycles. The molecule has 98 valence electrons. The van der Waals surface area contributed by atoms with Crippen molar-refractivity contribution < 1.29 is 29.3 Å². The summed E-state index contributed by atoms with van der Waals surface area (Å²) in [7, 11) is 0. The van der Waals surface area contributed by atoms with Gasteiger partial charge < -0.3 is 14.9 Å². The number of carboxylic acids is 2. The monoisotopic (exact) mass is 247 g/mol. The lowest BCUT2D eigenvalue weighted by molar-refractivity contribution is -0.154. The smallest absolute Gasteiger partial charge is 0.321 e. The molecule has 0 spiro atoms. The number of hydrogen-bond acceptors (Lipinski definition) is 5. The molecule has 0 aromatic rings. The fourth-order valence-electron chi connectivity index (χ4n) is 1.01. The highest BCUT2D eigenvalue weighted by Crippen LogP contribution is 2.06. The first-order valence-corrected chi connectivity index (χ1v) is 5.01. The topological polar surface area (TPSA) is 113 Å². The van der Waals surface area contributed by atoms with Crippen molar-refractivity contribution in [2.24, 2.45) is 0 Å². The van der Waals surface area contributed by atoms with E-state index in [9.17, 15) is 14.4 Å². The Kier molecular flexibility index (Phi) is 5.60. The van der Waals surface area contributed by atoms with E-state index in [1.54, 1.807) is 20.8 Å². The van der Waals surface area contributed by atoms with Crippen molar-refractivity contribution >= 4 is 17.9 Å². The van der Waals surface area contributed by atoms with E-state index in [4.69, 9.17) is 14.9 Å². The summed E-state index contributed by atoms with van der Waals surface area (Å²) in [5.41, 5.74) is -0.662. The number of carbonyl (C=O) groups is 3. The third kappa shape index (κ3) is 8.21. The van der Waals surface area contributed by atoms with E-state index in [1.165, 1.54) is 0 Å². The van der Waals surface area contributed by atoms with Crippen LogP contribution in [0.15, 0.2) is 0 Å². The normalized spacial score (nSPS) is 12.9. The van der Waals surface area contributed by atoms with Crippen molar-refractivity contribution in [3.63, 3.8) is 0 Å². The van der Waals surface area contributed by atoms with Gasteiger partial charge in [0.2, 0.25) is 0 Å². The maximum absolute atomic E-state index is 11.2. The molecular weight excluding hydrogens is 230 g/mol. The third-order valence-corrected chi connectivity index (χ3v) is 1.59. The van der Waals surface area contributed by atoms with Gasteiger partial charge in [0, 0.05) is 0 Å². The highest BCUT2D eigenvalue weighted by Gasteiger charge is 2.23. The summed E-state index contributed by atoms with van der Waals surface area (Å²) in [4.78, 5) is 32.3. The molecule has 1 unspecified atom stereocenters. The van der Waals surface area contributed by atoms with Crippen molar-refractivity contribution in [2.45, 2.75) is 38.8 Å². The van der Waals surface area contributed by atoms with Gasteiger partial charge >= 0.3 is 17.9 Å². The number of carboxylic acid groups (broad SMARTS) is 2. The van der Waals surface area contributed by atoms with Gasteiger partial charge in [0.05, 0.1) is 13.0 Å². The predicted molar refractivity (Wildman–Crippen MR) is 57.5 cm³/mol. The zero-order chi connectivity index (χ0) is 13.6. The zero-order valence-corrected chi connectivity index (χ0v) is 10.0. The first kappa shape index (κ1) is 15.4. The van der Waals surface area contributed by atoms with Crippen LogP contribution < -0.4 is 5.32 Å². The van der Waals surface area contributed by atoms with Crippen LogP contribution in [0.1, 0.15) is 27.2 Å². The number of esters is 1. The molecule has 7 heteroatoms. The van der Waals surface area contributed by atoms with Crippen LogP contribution in [0.2, 0.25) is 0 Å². The maximum atomic E-state index is 11.2. The second kappa shape index (κ2) is 6.19. The number of hydrogen-bond donors (Lipinski definition) is 3. The van der Waals surface area contributed by atoms with Crippen molar-refractivity contribution in [3.05, 3.63) is 0 Å². The minimum Gasteiger partial charge on any atom is -0.481 e. The molecule has 0 aliphatic heterocycles. The first-order valence-electron chi connectivity index (χ1n) is 5.01. The van der Waals surface area contributed by atoms with Gasteiger partial charge in [-0.2, -0.15) is 0 Å². The highest BCUT2D eigenvalue weighted by molar-refractivity contribution is 5.81. The van der Waals surface area contributed by atoms with Gasteiger partial charge in [0.25, 0.3) is 0 Å². The third-order valence-electron chi connectivity index (χ3n) is 1.59. The van der Waals surface area contributed by atoms with Crippen LogP contribution in [0.4, 0.5) is 0 Å². The Labute approximate surface area is 98.8 Å². The summed E-state index contributed by atoms with van der Waals surface area (Å²) in [6.45, 7) is 4.69. The Morgan fingerprint density at radius 2 is 1.76 bits per heavy atom. The number of aliphatic carboxylic acids is 2. The van der Waals surface area contributed by atoms with Gasteiger partial charge in [-0.1, -0.05) is 0 Å². The Hall–Kier alpha value is -1.63. The van der Waals surface area contributed by atoms with Gasteiger partial charge in [-0.05, 0) is 20.8 Å². The van der Waals surface area contributed by atoms with Crippen molar-refractivity contribution in [2.75, 3.05) is 6.54 Å². The van der Waals surface area contributed by atoms with E-state index in [0.717, 1.165) is 0 Å². The molecule has 0 saturated carbocycles. The summed E-state index contributed by atoms with van der Waals surface area (Å²) in [6.07, 6.45) is -0.599. The van der Waals surface area contributed by atoms with Crippen molar-refractivity contribution in [1.82, 2.24) is 5.32 Å². The largest absolute Gasteiger partial charge is 0.481 e. The summed E-state index contributed by atoms with van der Waals surface area (Å²) >= 11 is 0. The minimum atomic E-state index is -1.32. The number of carbonyl (C=O) groups excluding carboxylic acids is 1. The molecule has 0 heterocycles. The van der Waals surface area contributed by atoms with Crippen LogP contribution in [-0.2, 0) is 19.1 Å². The van der Waals surface area contributed by atoms with Crippen LogP contribution >= 0.6 is 0 Å². The van der Waals surface area contributed by atoms with E-state index in [0.29, 0.717) is 0 Å². The molecule has 0 saturated heterocycles. The van der Waals surface area contributed by atoms with Crippen molar-refractivity contribution in [3.8, 4) is 0 Å². The average Bonchev–Trinajstić information content (AvgIpc) is 2.08. The van der Waals surface area contributed by atoms with E-state index in [-0.39, 0.29) is 6.54 Å². The second-order valence-electron chi connectivity index (χ2n) is 4.46. The van der Waals surface area contributed by atoms with Gasteiger partial charge in [0.15, 0.2) is 0 Å². The number of ether oxygens (including phenoxy) is 1. The molecule has 0 bridgehead atoms. The Morgan fingerprint density at radius 1 is 1.24 bits per heavy atom. The molecular formula is C10H17NO6. The minimum absolute atomic E-state index is 0.346. The van der Waals surface area contributed by atoms with E-state index in [1.807, 2.05) is 0 Å². The summed E-state index contributed by atoms with van der Waals surface area (Å²) in [6, 6.07) is -1.31. The van der Waals surface area contributed by atoms with E-state index >= 15 is 0 Å².